The monoisotopic (exact) mass is 304 g/mol. The molecule has 0 aliphatic rings. The van der Waals surface area contributed by atoms with E-state index >= 15 is 0 Å². The number of aromatic nitrogens is 3. The molecular formula is C11H5BrN4S. The summed E-state index contributed by atoms with van der Waals surface area (Å²) in [4.78, 5) is 5.29. The zero-order valence-electron chi connectivity index (χ0n) is 8.46. The number of benzene rings is 1. The molecule has 6 heteroatoms. The number of nitriles is 1. The first-order chi connectivity index (χ1) is 8.26. The zero-order chi connectivity index (χ0) is 11.8. The summed E-state index contributed by atoms with van der Waals surface area (Å²) in [5, 5.41) is 13.1. The van der Waals surface area contributed by atoms with Gasteiger partial charge in [-0.1, -0.05) is 23.5 Å². The molecule has 3 aromatic rings. The van der Waals surface area contributed by atoms with E-state index in [4.69, 9.17) is 5.26 Å². The zero-order valence-corrected chi connectivity index (χ0v) is 10.9. The lowest BCUT2D eigenvalue weighted by atomic mass is 10.1. The van der Waals surface area contributed by atoms with Gasteiger partial charge in [-0.25, -0.2) is 9.50 Å². The summed E-state index contributed by atoms with van der Waals surface area (Å²) in [7, 11) is 0. The molecule has 2 aromatic heterocycles. The fraction of sp³-hybridized carbons (Fsp3) is 0. The number of rotatable bonds is 1. The van der Waals surface area contributed by atoms with Crippen LogP contribution in [0.15, 0.2) is 34.4 Å². The third kappa shape index (κ3) is 1.84. The van der Waals surface area contributed by atoms with Crippen LogP contribution >= 0.6 is 27.3 Å². The fourth-order valence-electron chi connectivity index (χ4n) is 1.56. The SMILES string of the molecule is N#Cc1cccc(-c2cn3nc(Br)sc3n2)c1. The molecule has 0 spiro atoms. The topological polar surface area (TPSA) is 54.0 Å². The number of fused-ring (bicyclic) bond motifs is 1. The first-order valence-corrected chi connectivity index (χ1v) is 6.39. The van der Waals surface area contributed by atoms with Gasteiger partial charge in [0, 0.05) is 5.56 Å². The van der Waals surface area contributed by atoms with Crippen molar-refractivity contribution >= 4 is 32.2 Å². The Hall–Kier alpha value is -1.71. The van der Waals surface area contributed by atoms with E-state index in [0.29, 0.717) is 5.56 Å². The smallest absolute Gasteiger partial charge is 0.213 e. The highest BCUT2D eigenvalue weighted by atomic mass is 79.9. The molecule has 0 N–H and O–H groups in total. The van der Waals surface area contributed by atoms with E-state index in [1.165, 1.54) is 11.3 Å². The maximum absolute atomic E-state index is 8.85. The molecule has 0 saturated carbocycles. The predicted molar refractivity (Wildman–Crippen MR) is 68.7 cm³/mol. The number of hydrogen-bond donors (Lipinski definition) is 0. The molecule has 0 amide bonds. The molecule has 0 unspecified atom stereocenters. The lowest BCUT2D eigenvalue weighted by Crippen LogP contribution is -1.80. The maximum Gasteiger partial charge on any atom is 0.213 e. The first kappa shape index (κ1) is 10.4. The molecule has 2 heterocycles. The molecule has 0 bridgehead atoms. The van der Waals surface area contributed by atoms with E-state index in [1.54, 1.807) is 10.6 Å². The first-order valence-electron chi connectivity index (χ1n) is 4.78. The van der Waals surface area contributed by atoms with Crippen LogP contribution in [-0.2, 0) is 0 Å². The second-order valence-corrected chi connectivity index (χ2v) is 5.63. The molecule has 0 saturated heterocycles. The van der Waals surface area contributed by atoms with Gasteiger partial charge in [-0.15, -0.1) is 5.10 Å². The minimum Gasteiger partial charge on any atom is -0.217 e. The second-order valence-electron chi connectivity index (χ2n) is 3.40. The second kappa shape index (κ2) is 3.95. The van der Waals surface area contributed by atoms with Gasteiger partial charge in [0.25, 0.3) is 0 Å². The molecule has 0 aliphatic heterocycles. The van der Waals surface area contributed by atoms with E-state index in [-0.39, 0.29) is 0 Å². The van der Waals surface area contributed by atoms with Crippen molar-refractivity contribution in [3.05, 3.63) is 39.9 Å². The van der Waals surface area contributed by atoms with Crippen LogP contribution in [0.2, 0.25) is 0 Å². The average molecular weight is 305 g/mol. The Morgan fingerprint density at radius 2 is 2.29 bits per heavy atom. The van der Waals surface area contributed by atoms with Gasteiger partial charge in [-0.2, -0.15) is 5.26 Å². The van der Waals surface area contributed by atoms with E-state index < -0.39 is 0 Å². The molecule has 0 radical (unpaired) electrons. The Morgan fingerprint density at radius 1 is 1.41 bits per heavy atom. The summed E-state index contributed by atoms with van der Waals surface area (Å²) < 4.78 is 2.53. The Bertz CT molecular complexity index is 706. The lowest BCUT2D eigenvalue weighted by molar-refractivity contribution is 0.959. The van der Waals surface area contributed by atoms with E-state index in [2.05, 4.69) is 32.1 Å². The van der Waals surface area contributed by atoms with Gasteiger partial charge in [-0.3, -0.25) is 0 Å². The van der Waals surface area contributed by atoms with Gasteiger partial charge in [-0.05, 0) is 28.1 Å². The van der Waals surface area contributed by atoms with Crippen LogP contribution in [0.4, 0.5) is 0 Å². The Kier molecular flexibility index (Phi) is 2.42. The van der Waals surface area contributed by atoms with Gasteiger partial charge in [0.2, 0.25) is 4.96 Å². The van der Waals surface area contributed by atoms with Crippen LogP contribution < -0.4 is 0 Å². The van der Waals surface area contributed by atoms with Crippen molar-refractivity contribution in [1.82, 2.24) is 14.6 Å². The summed E-state index contributed by atoms with van der Waals surface area (Å²) in [6.07, 6.45) is 1.85. The van der Waals surface area contributed by atoms with Crippen molar-refractivity contribution in [2.24, 2.45) is 0 Å². The lowest BCUT2D eigenvalue weighted by Gasteiger charge is -1.95. The summed E-state index contributed by atoms with van der Waals surface area (Å²) in [5.74, 6) is 0. The quantitative estimate of drug-likeness (QED) is 0.694. The highest BCUT2D eigenvalue weighted by Gasteiger charge is 2.08. The number of imidazole rings is 1. The standard InChI is InChI=1S/C11H5BrN4S/c12-10-15-16-6-9(14-11(16)17-10)8-3-1-2-7(4-8)5-13/h1-4,6H. The summed E-state index contributed by atoms with van der Waals surface area (Å²) in [6, 6.07) is 9.50. The molecule has 3 rings (SSSR count). The molecule has 4 nitrogen and oxygen atoms in total. The van der Waals surface area contributed by atoms with Crippen molar-refractivity contribution in [2.75, 3.05) is 0 Å². The van der Waals surface area contributed by atoms with Gasteiger partial charge in [0.05, 0.1) is 23.5 Å². The summed E-state index contributed by atoms with van der Waals surface area (Å²) in [5.41, 5.74) is 2.39. The molecule has 1 aromatic carbocycles. The Morgan fingerprint density at radius 3 is 3.06 bits per heavy atom. The number of nitrogens with zero attached hydrogens (tertiary/aromatic N) is 4. The van der Waals surface area contributed by atoms with Gasteiger partial charge in [0.1, 0.15) is 0 Å². The van der Waals surface area contributed by atoms with E-state index in [9.17, 15) is 0 Å². The third-order valence-corrected chi connectivity index (χ3v) is 3.66. The molecular weight excluding hydrogens is 300 g/mol. The highest BCUT2D eigenvalue weighted by molar-refractivity contribution is 9.11. The largest absolute Gasteiger partial charge is 0.217 e. The third-order valence-electron chi connectivity index (χ3n) is 2.31. The van der Waals surface area contributed by atoms with Crippen LogP contribution in [0.1, 0.15) is 5.56 Å². The van der Waals surface area contributed by atoms with Crippen molar-refractivity contribution in [1.29, 1.82) is 5.26 Å². The fourth-order valence-corrected chi connectivity index (χ4v) is 2.78. The number of hydrogen-bond acceptors (Lipinski definition) is 4. The van der Waals surface area contributed by atoms with Crippen LogP contribution in [-0.4, -0.2) is 14.6 Å². The van der Waals surface area contributed by atoms with Crippen molar-refractivity contribution in [3.63, 3.8) is 0 Å². The minimum atomic E-state index is 0.632. The van der Waals surface area contributed by atoms with Gasteiger partial charge in [0.15, 0.2) is 3.92 Å². The summed E-state index contributed by atoms with van der Waals surface area (Å²) in [6.45, 7) is 0. The molecule has 0 fully saturated rings. The highest BCUT2D eigenvalue weighted by Crippen LogP contribution is 2.24. The normalized spacial score (nSPS) is 10.6. The van der Waals surface area contributed by atoms with Crippen LogP contribution in [0.3, 0.4) is 0 Å². The van der Waals surface area contributed by atoms with Gasteiger partial charge >= 0.3 is 0 Å². The molecule has 17 heavy (non-hydrogen) atoms. The van der Waals surface area contributed by atoms with Crippen molar-refractivity contribution < 1.29 is 0 Å². The van der Waals surface area contributed by atoms with Crippen LogP contribution in [0, 0.1) is 11.3 Å². The summed E-state index contributed by atoms with van der Waals surface area (Å²) >= 11 is 4.78. The predicted octanol–water partition coefficient (Wildman–Crippen LogP) is 3.09. The van der Waals surface area contributed by atoms with Crippen LogP contribution in [0.25, 0.3) is 16.2 Å². The van der Waals surface area contributed by atoms with E-state index in [1.807, 2.05) is 24.4 Å². The average Bonchev–Trinajstić information content (AvgIpc) is 2.86. The van der Waals surface area contributed by atoms with Crippen molar-refractivity contribution in [3.8, 4) is 17.3 Å². The number of halogens is 1. The maximum atomic E-state index is 8.85. The van der Waals surface area contributed by atoms with Crippen molar-refractivity contribution in [2.45, 2.75) is 0 Å². The Balaban J connectivity index is 2.13. The van der Waals surface area contributed by atoms with Gasteiger partial charge < -0.3 is 0 Å². The Labute approximate surface area is 109 Å². The molecule has 0 aliphatic carbocycles. The van der Waals surface area contributed by atoms with Crippen LogP contribution in [0.5, 0.6) is 0 Å². The van der Waals surface area contributed by atoms with E-state index in [0.717, 1.165) is 20.1 Å². The molecule has 82 valence electrons. The molecule has 0 atom stereocenters. The minimum absolute atomic E-state index is 0.632.